The summed E-state index contributed by atoms with van der Waals surface area (Å²) in [6.45, 7) is -0.244. The third-order valence-corrected chi connectivity index (χ3v) is 3.44. The number of hydrogen-bond donors (Lipinski definition) is 2. The Morgan fingerprint density at radius 1 is 1.38 bits per heavy atom. The molecule has 0 bridgehead atoms. The van der Waals surface area contributed by atoms with E-state index in [0.29, 0.717) is 23.5 Å². The Labute approximate surface area is 120 Å². The Bertz CT molecular complexity index is 646. The number of nitrogens with zero attached hydrogens (tertiary/aromatic N) is 4. The monoisotopic (exact) mass is 296 g/mol. The quantitative estimate of drug-likeness (QED) is 0.775. The Balaban J connectivity index is 2.04. The number of fused-ring (bicyclic) bond motifs is 1. The van der Waals surface area contributed by atoms with Crippen molar-refractivity contribution in [2.24, 2.45) is 0 Å². The molecule has 1 aliphatic rings. The maximum absolute atomic E-state index is 9.83. The highest BCUT2D eigenvalue weighted by Gasteiger charge is 2.35. The van der Waals surface area contributed by atoms with Crippen LogP contribution in [0.5, 0.6) is 11.9 Å². The van der Waals surface area contributed by atoms with E-state index in [0.717, 1.165) is 0 Å². The summed E-state index contributed by atoms with van der Waals surface area (Å²) in [7, 11) is 2.94. The van der Waals surface area contributed by atoms with Gasteiger partial charge in [-0.25, -0.2) is 4.98 Å². The molecule has 2 N–H and O–H groups in total. The van der Waals surface area contributed by atoms with Gasteiger partial charge in [0.1, 0.15) is 12.3 Å². The normalized spacial score (nSPS) is 25.4. The van der Waals surface area contributed by atoms with Crippen LogP contribution in [-0.4, -0.2) is 62.8 Å². The molecule has 2 aromatic heterocycles. The third kappa shape index (κ3) is 2.28. The lowest BCUT2D eigenvalue weighted by Crippen LogP contribution is -2.24. The first-order chi connectivity index (χ1) is 10.2. The van der Waals surface area contributed by atoms with Crippen LogP contribution < -0.4 is 9.47 Å². The predicted octanol–water partition coefficient (Wildman–Crippen LogP) is -0.516. The smallest absolute Gasteiger partial charge is 0.321 e. The summed E-state index contributed by atoms with van der Waals surface area (Å²) in [5.74, 6) is 0.299. The standard InChI is InChI=1S/C12H16N4O5/c1-19-11-9-10(14-12(15-11)20-2)16(5-13-9)8-3-6(18)7(4-17)21-8/h5-8,17-18H,3-4H2,1-2H3/t6-,7+,8+/m1/s1. The zero-order valence-corrected chi connectivity index (χ0v) is 11.6. The first-order valence-corrected chi connectivity index (χ1v) is 6.44. The van der Waals surface area contributed by atoms with Crippen LogP contribution in [0.25, 0.3) is 11.2 Å². The van der Waals surface area contributed by atoms with E-state index in [4.69, 9.17) is 19.3 Å². The molecule has 3 atom stereocenters. The lowest BCUT2D eigenvalue weighted by Gasteiger charge is -2.13. The van der Waals surface area contributed by atoms with Crippen LogP contribution >= 0.6 is 0 Å². The van der Waals surface area contributed by atoms with Crippen LogP contribution in [0, 0.1) is 0 Å². The molecule has 21 heavy (non-hydrogen) atoms. The number of hydrogen-bond acceptors (Lipinski definition) is 8. The molecular weight excluding hydrogens is 280 g/mol. The van der Waals surface area contributed by atoms with Gasteiger partial charge in [-0.2, -0.15) is 9.97 Å². The highest BCUT2D eigenvalue weighted by molar-refractivity contribution is 5.76. The van der Waals surface area contributed by atoms with Gasteiger partial charge in [0.25, 0.3) is 0 Å². The minimum absolute atomic E-state index is 0.151. The summed E-state index contributed by atoms with van der Waals surface area (Å²) >= 11 is 0. The topological polar surface area (TPSA) is 112 Å². The van der Waals surface area contributed by atoms with E-state index in [-0.39, 0.29) is 12.6 Å². The molecule has 1 aliphatic heterocycles. The van der Waals surface area contributed by atoms with Crippen LogP contribution in [0.4, 0.5) is 0 Å². The average molecular weight is 296 g/mol. The van der Waals surface area contributed by atoms with Gasteiger partial charge < -0.3 is 24.4 Å². The van der Waals surface area contributed by atoms with Gasteiger partial charge in [0.05, 0.1) is 33.3 Å². The maximum atomic E-state index is 9.83. The van der Waals surface area contributed by atoms with Crippen LogP contribution in [0.1, 0.15) is 12.6 Å². The second kappa shape index (κ2) is 5.43. The minimum Gasteiger partial charge on any atom is -0.479 e. The van der Waals surface area contributed by atoms with Crippen molar-refractivity contribution >= 4 is 11.2 Å². The molecule has 0 aromatic carbocycles. The average Bonchev–Trinajstić information content (AvgIpc) is 3.08. The molecule has 1 fully saturated rings. The van der Waals surface area contributed by atoms with Crippen molar-refractivity contribution < 1.29 is 24.4 Å². The fourth-order valence-corrected chi connectivity index (χ4v) is 2.37. The fourth-order valence-electron chi connectivity index (χ4n) is 2.37. The Morgan fingerprint density at radius 3 is 2.81 bits per heavy atom. The van der Waals surface area contributed by atoms with Crippen molar-refractivity contribution in [2.45, 2.75) is 24.9 Å². The number of imidazole rings is 1. The van der Waals surface area contributed by atoms with Gasteiger partial charge in [0, 0.05) is 6.42 Å². The lowest BCUT2D eigenvalue weighted by molar-refractivity contribution is -0.0432. The van der Waals surface area contributed by atoms with Gasteiger partial charge in [0.2, 0.25) is 5.88 Å². The summed E-state index contributed by atoms with van der Waals surface area (Å²) in [4.78, 5) is 12.5. The maximum Gasteiger partial charge on any atom is 0.321 e. The molecule has 0 unspecified atom stereocenters. The van der Waals surface area contributed by atoms with Crippen molar-refractivity contribution in [2.75, 3.05) is 20.8 Å². The van der Waals surface area contributed by atoms with Gasteiger partial charge in [-0.05, 0) is 0 Å². The van der Waals surface area contributed by atoms with Crippen LogP contribution in [0.2, 0.25) is 0 Å². The first-order valence-electron chi connectivity index (χ1n) is 6.44. The van der Waals surface area contributed by atoms with Crippen molar-refractivity contribution in [1.29, 1.82) is 0 Å². The van der Waals surface area contributed by atoms with Crippen LogP contribution in [-0.2, 0) is 4.74 Å². The molecule has 9 heteroatoms. The number of rotatable bonds is 4. The number of aliphatic hydroxyl groups excluding tert-OH is 2. The highest BCUT2D eigenvalue weighted by Crippen LogP contribution is 2.32. The van der Waals surface area contributed by atoms with E-state index in [1.54, 1.807) is 10.9 Å². The van der Waals surface area contributed by atoms with Gasteiger partial charge in [-0.3, -0.25) is 4.57 Å². The SMILES string of the molecule is COc1nc(OC)c2ncn([C@@H]3C[C@@H](O)[C@H](CO)O3)c2n1. The molecular formula is C12H16N4O5. The summed E-state index contributed by atoms with van der Waals surface area (Å²) in [6, 6.07) is 0.151. The molecule has 3 heterocycles. The third-order valence-electron chi connectivity index (χ3n) is 3.44. The number of aliphatic hydroxyl groups is 2. The van der Waals surface area contributed by atoms with E-state index >= 15 is 0 Å². The molecule has 0 aliphatic carbocycles. The summed E-state index contributed by atoms with van der Waals surface area (Å²) in [5, 5.41) is 19.0. The summed E-state index contributed by atoms with van der Waals surface area (Å²) in [5.41, 5.74) is 0.957. The van der Waals surface area contributed by atoms with E-state index < -0.39 is 18.4 Å². The van der Waals surface area contributed by atoms with Gasteiger partial charge >= 0.3 is 6.01 Å². The molecule has 0 spiro atoms. The van der Waals surface area contributed by atoms with Crippen molar-refractivity contribution in [1.82, 2.24) is 19.5 Å². The van der Waals surface area contributed by atoms with Crippen LogP contribution in [0.3, 0.4) is 0 Å². The fraction of sp³-hybridized carbons (Fsp3) is 0.583. The number of aromatic nitrogens is 4. The minimum atomic E-state index is -0.733. The van der Waals surface area contributed by atoms with E-state index in [1.807, 2.05) is 0 Å². The number of methoxy groups -OCH3 is 2. The van der Waals surface area contributed by atoms with Gasteiger partial charge in [0.15, 0.2) is 11.2 Å². The molecule has 9 nitrogen and oxygen atoms in total. The zero-order valence-electron chi connectivity index (χ0n) is 11.6. The highest BCUT2D eigenvalue weighted by atomic mass is 16.5. The van der Waals surface area contributed by atoms with E-state index in [1.165, 1.54) is 14.2 Å². The lowest BCUT2D eigenvalue weighted by atomic mass is 10.2. The second-order valence-corrected chi connectivity index (χ2v) is 4.66. The van der Waals surface area contributed by atoms with Crippen molar-refractivity contribution in [3.8, 4) is 11.9 Å². The Hall–Kier alpha value is -1.97. The van der Waals surface area contributed by atoms with E-state index in [9.17, 15) is 5.11 Å². The zero-order chi connectivity index (χ0) is 15.0. The molecule has 0 amide bonds. The largest absolute Gasteiger partial charge is 0.479 e. The molecule has 2 aromatic rings. The predicted molar refractivity (Wildman–Crippen MR) is 70.0 cm³/mol. The molecule has 3 rings (SSSR count). The summed E-state index contributed by atoms with van der Waals surface area (Å²) in [6.07, 6.45) is 0.0663. The van der Waals surface area contributed by atoms with Crippen LogP contribution in [0.15, 0.2) is 6.33 Å². The Morgan fingerprint density at radius 2 is 2.19 bits per heavy atom. The van der Waals surface area contributed by atoms with Crippen molar-refractivity contribution in [3.63, 3.8) is 0 Å². The van der Waals surface area contributed by atoms with Crippen molar-refractivity contribution in [3.05, 3.63) is 6.33 Å². The molecule has 1 saturated heterocycles. The first kappa shape index (κ1) is 14.0. The number of ether oxygens (including phenoxy) is 3. The summed E-state index contributed by atoms with van der Waals surface area (Å²) < 4.78 is 17.5. The Kier molecular flexibility index (Phi) is 3.62. The van der Waals surface area contributed by atoms with E-state index in [2.05, 4.69) is 15.0 Å². The molecule has 0 radical (unpaired) electrons. The second-order valence-electron chi connectivity index (χ2n) is 4.66. The van der Waals surface area contributed by atoms with Gasteiger partial charge in [-0.15, -0.1) is 0 Å². The van der Waals surface area contributed by atoms with Gasteiger partial charge in [-0.1, -0.05) is 0 Å². The molecule has 114 valence electrons. The molecule has 0 saturated carbocycles.